The minimum Gasteiger partial charge on any atom is -0.405 e. The highest BCUT2D eigenvalue weighted by molar-refractivity contribution is 6.99. The fourth-order valence-electron chi connectivity index (χ4n) is 5.44. The van der Waals surface area contributed by atoms with Gasteiger partial charge in [-0.3, -0.25) is 4.57 Å². The lowest BCUT2D eigenvalue weighted by Crippen LogP contribution is -2.67. The van der Waals surface area contributed by atoms with Gasteiger partial charge in [0.15, 0.2) is 17.0 Å². The van der Waals surface area contributed by atoms with Crippen LogP contribution < -0.4 is 16.1 Å². The molecule has 0 bridgehead atoms. The maximum absolute atomic E-state index is 13.9. The Labute approximate surface area is 211 Å². The van der Waals surface area contributed by atoms with Gasteiger partial charge >= 0.3 is 6.08 Å². The van der Waals surface area contributed by atoms with E-state index in [1.54, 1.807) is 10.9 Å². The standard InChI is InChI=1S/C27H32FN5O2Si/c1-18-15-19(35-25(18)33-17-30-22-23(29)31-26(28)32-24(22)33)16-34-36(27(2,3)4,20-11-7-5-8-12-20)21-13-9-6-10-14-21/h5-14,17-19,25H,15-16H2,1-4H3,(H2,29,31,32)/t18-,19+,25-/m1/s1. The van der Waals surface area contributed by atoms with Gasteiger partial charge in [-0.2, -0.15) is 14.4 Å². The second-order valence-electron chi connectivity index (χ2n) is 10.5. The fraction of sp³-hybridized carbons (Fsp3) is 0.370. The SMILES string of the molecule is C[C@@H]1C[C@@H](CO[Si](c2ccccc2)(c2ccccc2)C(C)(C)C)O[C@H]1n1cnc2c(N)nc(F)nc21. The first-order valence-corrected chi connectivity index (χ1v) is 14.2. The maximum Gasteiger partial charge on any atom is 0.312 e. The molecule has 5 rings (SSSR count). The topological polar surface area (TPSA) is 88.1 Å². The van der Waals surface area contributed by atoms with E-state index in [2.05, 4.69) is 91.2 Å². The zero-order valence-electron chi connectivity index (χ0n) is 21.1. The average Bonchev–Trinajstić information content (AvgIpc) is 3.43. The second kappa shape index (κ2) is 9.38. The van der Waals surface area contributed by atoms with Crippen LogP contribution in [0, 0.1) is 12.0 Å². The van der Waals surface area contributed by atoms with E-state index in [-0.39, 0.29) is 29.1 Å². The molecule has 2 N–H and O–H groups in total. The molecule has 2 aromatic carbocycles. The zero-order chi connectivity index (χ0) is 25.5. The van der Waals surface area contributed by atoms with Gasteiger partial charge in [-0.05, 0) is 21.8 Å². The van der Waals surface area contributed by atoms with E-state index in [0.29, 0.717) is 17.8 Å². The van der Waals surface area contributed by atoms with E-state index in [4.69, 9.17) is 14.9 Å². The summed E-state index contributed by atoms with van der Waals surface area (Å²) in [5.74, 6) is 0.169. The predicted molar refractivity (Wildman–Crippen MR) is 141 cm³/mol. The second-order valence-corrected chi connectivity index (χ2v) is 14.8. The highest BCUT2D eigenvalue weighted by Crippen LogP contribution is 2.40. The predicted octanol–water partition coefficient (Wildman–Crippen LogP) is 4.05. The molecule has 2 aromatic heterocycles. The molecule has 7 nitrogen and oxygen atoms in total. The Kier molecular flexibility index (Phi) is 6.40. The lowest BCUT2D eigenvalue weighted by molar-refractivity contribution is -0.0266. The molecule has 188 valence electrons. The molecule has 0 spiro atoms. The van der Waals surface area contributed by atoms with E-state index in [0.717, 1.165) is 6.42 Å². The molecule has 0 amide bonds. The third kappa shape index (κ3) is 4.21. The molecule has 3 heterocycles. The minimum atomic E-state index is -2.67. The Morgan fingerprint density at radius 3 is 2.25 bits per heavy atom. The van der Waals surface area contributed by atoms with Gasteiger partial charge < -0.3 is 14.9 Å². The summed E-state index contributed by atoms with van der Waals surface area (Å²) in [6.45, 7) is 9.34. The van der Waals surface area contributed by atoms with Crippen LogP contribution in [0.4, 0.5) is 10.2 Å². The number of rotatable bonds is 6. The molecular formula is C27H32FN5O2Si. The van der Waals surface area contributed by atoms with Crippen LogP contribution in [0.1, 0.15) is 40.3 Å². The van der Waals surface area contributed by atoms with Gasteiger partial charge in [0.2, 0.25) is 0 Å². The number of anilines is 1. The number of hydrogen-bond acceptors (Lipinski definition) is 6. The number of ether oxygens (including phenoxy) is 1. The van der Waals surface area contributed by atoms with Crippen molar-refractivity contribution >= 4 is 35.7 Å². The van der Waals surface area contributed by atoms with E-state index in [1.807, 2.05) is 12.1 Å². The molecule has 0 aliphatic carbocycles. The minimum absolute atomic E-state index is 0.0217. The zero-order valence-corrected chi connectivity index (χ0v) is 22.1. The van der Waals surface area contributed by atoms with Crippen LogP contribution in [-0.4, -0.2) is 40.5 Å². The third-order valence-corrected chi connectivity index (χ3v) is 12.1. The van der Waals surface area contributed by atoms with Crippen LogP contribution in [0.2, 0.25) is 5.04 Å². The van der Waals surface area contributed by atoms with Crippen molar-refractivity contribution in [3.05, 3.63) is 73.1 Å². The monoisotopic (exact) mass is 505 g/mol. The van der Waals surface area contributed by atoms with Gasteiger partial charge in [-0.1, -0.05) is 88.4 Å². The van der Waals surface area contributed by atoms with E-state index >= 15 is 0 Å². The number of benzene rings is 2. The van der Waals surface area contributed by atoms with E-state index < -0.39 is 14.4 Å². The number of fused-ring (bicyclic) bond motifs is 1. The largest absolute Gasteiger partial charge is 0.405 e. The van der Waals surface area contributed by atoms with Crippen LogP contribution in [-0.2, 0) is 9.16 Å². The lowest BCUT2D eigenvalue weighted by atomic mass is 10.1. The van der Waals surface area contributed by atoms with Crippen molar-refractivity contribution in [3.63, 3.8) is 0 Å². The number of halogens is 1. The van der Waals surface area contributed by atoms with Crippen molar-refractivity contribution in [1.29, 1.82) is 0 Å². The summed E-state index contributed by atoms with van der Waals surface area (Å²) in [6, 6.07) is 21.1. The Balaban J connectivity index is 1.45. The van der Waals surface area contributed by atoms with Gasteiger partial charge in [0.05, 0.1) is 19.0 Å². The highest BCUT2D eigenvalue weighted by Gasteiger charge is 2.51. The van der Waals surface area contributed by atoms with Gasteiger partial charge in [0.1, 0.15) is 6.23 Å². The first-order valence-electron chi connectivity index (χ1n) is 12.3. The first-order chi connectivity index (χ1) is 17.2. The van der Waals surface area contributed by atoms with Crippen molar-refractivity contribution in [2.75, 3.05) is 12.3 Å². The molecule has 1 fully saturated rings. The van der Waals surface area contributed by atoms with E-state index in [1.165, 1.54) is 10.4 Å². The molecule has 3 atom stereocenters. The molecule has 0 radical (unpaired) electrons. The number of nitrogen functional groups attached to an aromatic ring is 1. The first kappa shape index (κ1) is 24.5. The molecule has 9 heteroatoms. The Hall–Kier alpha value is -3.14. The van der Waals surface area contributed by atoms with Gasteiger partial charge in [0.25, 0.3) is 8.32 Å². The molecule has 0 unspecified atom stereocenters. The summed E-state index contributed by atoms with van der Waals surface area (Å²) in [7, 11) is -2.67. The summed E-state index contributed by atoms with van der Waals surface area (Å²) in [5, 5.41) is 2.34. The van der Waals surface area contributed by atoms with Crippen LogP contribution >= 0.6 is 0 Å². The van der Waals surface area contributed by atoms with Crippen LogP contribution in [0.3, 0.4) is 0 Å². The maximum atomic E-state index is 13.9. The van der Waals surface area contributed by atoms with Gasteiger partial charge in [0, 0.05) is 5.92 Å². The fourth-order valence-corrected chi connectivity index (χ4v) is 10.0. The Bertz CT molecular complexity index is 1300. The third-order valence-electron chi connectivity index (χ3n) is 7.05. The van der Waals surface area contributed by atoms with Crippen molar-refractivity contribution < 1.29 is 13.6 Å². The number of hydrogen-bond donors (Lipinski definition) is 1. The molecule has 1 aliphatic rings. The van der Waals surface area contributed by atoms with E-state index in [9.17, 15) is 4.39 Å². The molecule has 4 aromatic rings. The molecular weight excluding hydrogens is 473 g/mol. The van der Waals surface area contributed by atoms with Gasteiger partial charge in [-0.15, -0.1) is 0 Å². The highest BCUT2D eigenvalue weighted by atomic mass is 28.4. The number of aromatic nitrogens is 4. The number of nitrogens with zero attached hydrogens (tertiary/aromatic N) is 4. The Morgan fingerprint density at radius 2 is 1.67 bits per heavy atom. The molecule has 36 heavy (non-hydrogen) atoms. The molecule has 1 aliphatic heterocycles. The summed E-state index contributed by atoms with van der Waals surface area (Å²) in [5.41, 5.74) is 6.57. The number of nitrogens with two attached hydrogens (primary N) is 1. The molecule has 0 saturated carbocycles. The van der Waals surface area contributed by atoms with Crippen molar-refractivity contribution in [2.45, 2.75) is 51.5 Å². The summed E-state index contributed by atoms with van der Waals surface area (Å²) >= 11 is 0. The van der Waals surface area contributed by atoms with Gasteiger partial charge in [-0.25, -0.2) is 4.98 Å². The molecule has 1 saturated heterocycles. The summed E-state index contributed by atoms with van der Waals surface area (Å²) in [4.78, 5) is 11.8. The van der Waals surface area contributed by atoms with Crippen molar-refractivity contribution in [2.24, 2.45) is 5.92 Å². The summed E-state index contributed by atoms with van der Waals surface area (Å²) < 4.78 is 29.2. The van der Waals surface area contributed by atoms with Crippen LogP contribution in [0.5, 0.6) is 0 Å². The van der Waals surface area contributed by atoms with Crippen LogP contribution in [0.15, 0.2) is 67.0 Å². The smallest absolute Gasteiger partial charge is 0.312 e. The van der Waals surface area contributed by atoms with Crippen LogP contribution in [0.25, 0.3) is 11.2 Å². The summed E-state index contributed by atoms with van der Waals surface area (Å²) in [6.07, 6.45) is 1.04. The lowest BCUT2D eigenvalue weighted by Gasteiger charge is -2.43. The van der Waals surface area contributed by atoms with Crippen molar-refractivity contribution in [3.8, 4) is 0 Å². The quantitative estimate of drug-likeness (QED) is 0.314. The normalized spacial score (nSPS) is 20.8. The van der Waals surface area contributed by atoms with Crippen molar-refractivity contribution in [1.82, 2.24) is 19.5 Å². The number of imidazole rings is 1. The average molecular weight is 506 g/mol. The Morgan fingerprint density at radius 1 is 1.06 bits per heavy atom.